The Balaban J connectivity index is 2.16. The number of halogens is 3. The van der Waals surface area contributed by atoms with Crippen molar-refractivity contribution in [2.45, 2.75) is 6.18 Å². The number of nitrogens with one attached hydrogen (secondary N) is 1. The van der Waals surface area contributed by atoms with E-state index in [1.807, 2.05) is 0 Å². The lowest BCUT2D eigenvalue weighted by Crippen LogP contribution is -2.37. The largest absolute Gasteiger partial charge is 0.417 e. The van der Waals surface area contributed by atoms with Crippen LogP contribution in [0.3, 0.4) is 0 Å². The first-order chi connectivity index (χ1) is 12.3. The van der Waals surface area contributed by atoms with Crippen LogP contribution in [-0.2, 0) is 10.9 Å². The van der Waals surface area contributed by atoms with E-state index in [1.54, 1.807) is 4.90 Å². The van der Waals surface area contributed by atoms with Gasteiger partial charge in [-0.3, -0.25) is 5.41 Å². The highest BCUT2D eigenvalue weighted by Gasteiger charge is 2.35. The molecule has 1 aliphatic rings. The van der Waals surface area contributed by atoms with Gasteiger partial charge in [0.1, 0.15) is 16.6 Å². The number of hydrogen-bond donors (Lipinski definition) is 3. The number of nitrogen functional groups attached to an aromatic ring is 1. The van der Waals surface area contributed by atoms with Crippen molar-refractivity contribution in [2.24, 2.45) is 0 Å². The Kier molecular flexibility index (Phi) is 5.01. The lowest BCUT2D eigenvalue weighted by Gasteiger charge is -2.27. The molecule has 3 rings (SSSR count). The molecule has 0 unspecified atom stereocenters. The fraction of sp³-hybridized carbons (Fsp3) is 0.333. The van der Waals surface area contributed by atoms with Gasteiger partial charge in [0, 0.05) is 24.8 Å². The Morgan fingerprint density at radius 2 is 1.92 bits per heavy atom. The zero-order valence-electron chi connectivity index (χ0n) is 13.4. The van der Waals surface area contributed by atoms with Gasteiger partial charge in [-0.2, -0.15) is 13.2 Å². The van der Waals surface area contributed by atoms with E-state index in [0.29, 0.717) is 26.3 Å². The summed E-state index contributed by atoms with van der Waals surface area (Å²) in [6.07, 6.45) is -3.61. The highest BCUT2D eigenvalue weighted by molar-refractivity contribution is 7.97. The van der Waals surface area contributed by atoms with Crippen molar-refractivity contribution in [3.8, 4) is 11.3 Å². The lowest BCUT2D eigenvalue weighted by molar-refractivity contribution is -0.137. The van der Waals surface area contributed by atoms with Crippen LogP contribution in [0.4, 0.5) is 24.9 Å². The molecule has 3 heterocycles. The van der Waals surface area contributed by atoms with Crippen molar-refractivity contribution >= 4 is 29.4 Å². The van der Waals surface area contributed by atoms with Crippen molar-refractivity contribution < 1.29 is 17.9 Å². The normalized spacial score (nSPS) is 15.2. The quantitative estimate of drug-likeness (QED) is 0.426. The van der Waals surface area contributed by atoms with Gasteiger partial charge >= 0.3 is 6.18 Å². The molecule has 0 radical (unpaired) electrons. The average molecular weight is 384 g/mol. The molecule has 0 amide bonds. The number of ether oxygens (including phenoxy) is 1. The van der Waals surface area contributed by atoms with Crippen LogP contribution in [0.5, 0.6) is 0 Å². The second kappa shape index (κ2) is 7.08. The molecular weight excluding hydrogens is 369 g/mol. The van der Waals surface area contributed by atoms with Crippen molar-refractivity contribution in [1.29, 1.82) is 5.41 Å². The molecule has 0 saturated carbocycles. The maximum atomic E-state index is 13.4. The van der Waals surface area contributed by atoms with Gasteiger partial charge in [0.15, 0.2) is 0 Å². The second-order valence-corrected chi connectivity index (χ2v) is 5.99. The fourth-order valence-corrected chi connectivity index (χ4v) is 2.62. The van der Waals surface area contributed by atoms with E-state index in [0.717, 1.165) is 12.3 Å². The number of anilines is 2. The molecule has 1 saturated heterocycles. The maximum absolute atomic E-state index is 13.4. The third kappa shape index (κ3) is 3.88. The van der Waals surface area contributed by atoms with E-state index in [-0.39, 0.29) is 33.8 Å². The van der Waals surface area contributed by atoms with E-state index in [2.05, 4.69) is 27.6 Å². The molecule has 1 fully saturated rings. The van der Waals surface area contributed by atoms with Crippen molar-refractivity contribution in [2.75, 3.05) is 36.9 Å². The second-order valence-electron chi connectivity index (χ2n) is 5.54. The Morgan fingerprint density at radius 3 is 2.54 bits per heavy atom. The van der Waals surface area contributed by atoms with Crippen molar-refractivity contribution in [3.05, 3.63) is 29.6 Å². The number of alkyl halides is 3. The monoisotopic (exact) mass is 384 g/mol. The standard InChI is InChI=1S/C15H15F3N6OS/c16-15(17,18)9-5-12(19)21-7-8(9)10-6-11(13(20)26)23-14(22-10)24-1-3-25-4-2-24/h5-7H,1-4H2,(H2,19,21)(H2,20,26). The van der Waals surface area contributed by atoms with Crippen molar-refractivity contribution in [3.63, 3.8) is 0 Å². The third-order valence-corrected chi connectivity index (χ3v) is 3.99. The van der Waals surface area contributed by atoms with Crippen LogP contribution in [0.25, 0.3) is 11.3 Å². The summed E-state index contributed by atoms with van der Waals surface area (Å²) in [7, 11) is 0. The van der Waals surface area contributed by atoms with E-state index < -0.39 is 11.7 Å². The third-order valence-electron chi connectivity index (χ3n) is 3.76. The molecular formula is C15H15F3N6OS. The Labute approximate surface area is 152 Å². The minimum absolute atomic E-state index is 0.00452. The molecule has 0 bridgehead atoms. The predicted molar refractivity (Wildman–Crippen MR) is 93.5 cm³/mol. The smallest absolute Gasteiger partial charge is 0.384 e. The maximum Gasteiger partial charge on any atom is 0.417 e. The number of rotatable bonds is 3. The average Bonchev–Trinajstić information content (AvgIpc) is 2.61. The van der Waals surface area contributed by atoms with Gasteiger partial charge in [-0.15, -0.1) is 12.6 Å². The minimum Gasteiger partial charge on any atom is -0.384 e. The van der Waals surface area contributed by atoms with E-state index >= 15 is 0 Å². The SMILES string of the molecule is N=C(S)c1cc(-c2cnc(N)cc2C(F)(F)F)nc(N2CCOCC2)n1. The molecule has 3 N–H and O–H groups in total. The molecule has 1 aliphatic heterocycles. The van der Waals surface area contributed by atoms with Gasteiger partial charge in [0.05, 0.1) is 24.5 Å². The van der Waals surface area contributed by atoms with Crippen LogP contribution < -0.4 is 10.6 Å². The summed E-state index contributed by atoms with van der Waals surface area (Å²) < 4.78 is 45.5. The number of nitrogens with zero attached hydrogens (tertiary/aromatic N) is 4. The van der Waals surface area contributed by atoms with Crippen molar-refractivity contribution in [1.82, 2.24) is 15.0 Å². The van der Waals surface area contributed by atoms with Crippen LogP contribution in [0.1, 0.15) is 11.3 Å². The van der Waals surface area contributed by atoms with Gasteiger partial charge in [0.2, 0.25) is 5.95 Å². The summed E-state index contributed by atoms with van der Waals surface area (Å²) in [6, 6.07) is 2.04. The molecule has 0 spiro atoms. The molecule has 138 valence electrons. The summed E-state index contributed by atoms with van der Waals surface area (Å²) in [6.45, 7) is 1.90. The number of nitrogens with two attached hydrogens (primary N) is 1. The zero-order chi connectivity index (χ0) is 18.9. The highest BCUT2D eigenvalue weighted by atomic mass is 32.1. The van der Waals surface area contributed by atoms with Gasteiger partial charge in [-0.05, 0) is 12.1 Å². The topological polar surface area (TPSA) is 101 Å². The van der Waals surface area contributed by atoms with E-state index in [1.165, 1.54) is 6.07 Å². The molecule has 2 aromatic rings. The van der Waals surface area contributed by atoms with Crippen LogP contribution in [-0.4, -0.2) is 46.3 Å². The highest BCUT2D eigenvalue weighted by Crippen LogP contribution is 2.37. The summed E-state index contributed by atoms with van der Waals surface area (Å²) in [4.78, 5) is 14.0. The summed E-state index contributed by atoms with van der Waals surface area (Å²) in [5, 5.41) is 7.51. The first-order valence-corrected chi connectivity index (χ1v) is 8.03. The van der Waals surface area contributed by atoms with Gasteiger partial charge in [-0.25, -0.2) is 15.0 Å². The first kappa shape index (κ1) is 18.4. The number of thiol groups is 1. The zero-order valence-corrected chi connectivity index (χ0v) is 14.3. The molecule has 11 heteroatoms. The first-order valence-electron chi connectivity index (χ1n) is 7.58. The van der Waals surface area contributed by atoms with E-state index in [4.69, 9.17) is 15.9 Å². The van der Waals surface area contributed by atoms with E-state index in [9.17, 15) is 13.2 Å². The van der Waals surface area contributed by atoms with Gasteiger partial charge in [-0.1, -0.05) is 0 Å². The number of hydrogen-bond acceptors (Lipinski definition) is 7. The van der Waals surface area contributed by atoms with Crippen LogP contribution in [0.2, 0.25) is 0 Å². The van der Waals surface area contributed by atoms with Crippen LogP contribution in [0, 0.1) is 5.41 Å². The summed E-state index contributed by atoms with van der Waals surface area (Å²) >= 11 is 3.95. The minimum atomic E-state index is -4.63. The molecule has 0 aromatic carbocycles. The molecule has 0 aliphatic carbocycles. The number of pyridine rings is 1. The van der Waals surface area contributed by atoms with Gasteiger partial charge in [0.25, 0.3) is 0 Å². The molecule has 7 nitrogen and oxygen atoms in total. The van der Waals surface area contributed by atoms with Crippen LogP contribution in [0.15, 0.2) is 18.3 Å². The van der Waals surface area contributed by atoms with Gasteiger partial charge < -0.3 is 15.4 Å². The number of aromatic nitrogens is 3. The molecule has 26 heavy (non-hydrogen) atoms. The fourth-order valence-electron chi connectivity index (χ4n) is 2.51. The molecule has 0 atom stereocenters. The lowest BCUT2D eigenvalue weighted by atomic mass is 10.1. The summed E-state index contributed by atoms with van der Waals surface area (Å²) in [5.74, 6) is -0.0322. The number of morpholine rings is 1. The molecule has 2 aromatic heterocycles. The Morgan fingerprint density at radius 1 is 1.23 bits per heavy atom. The van der Waals surface area contributed by atoms with Crippen LogP contribution >= 0.6 is 12.6 Å². The summed E-state index contributed by atoms with van der Waals surface area (Å²) in [5.41, 5.74) is 4.34. The Hall–Kier alpha value is -2.40. The Bertz CT molecular complexity index is 839. The predicted octanol–water partition coefficient (Wildman–Crippen LogP) is 2.23.